The normalized spacial score (nSPS) is 11.3. The average molecular weight is 304 g/mol. The van der Waals surface area contributed by atoms with E-state index in [0.717, 1.165) is 12.3 Å². The highest BCUT2D eigenvalue weighted by atomic mass is 19.4. The van der Waals surface area contributed by atoms with Gasteiger partial charge in [0.15, 0.2) is 0 Å². The van der Waals surface area contributed by atoms with Crippen molar-refractivity contribution in [2.75, 3.05) is 30.7 Å². The van der Waals surface area contributed by atoms with E-state index in [1.165, 1.54) is 0 Å². The summed E-state index contributed by atoms with van der Waals surface area (Å²) in [5.74, 6) is -0.0591. The van der Waals surface area contributed by atoms with Crippen molar-refractivity contribution in [1.82, 2.24) is 9.88 Å². The number of anilines is 2. The molecule has 5 nitrogen and oxygen atoms in total. The number of pyridine rings is 1. The van der Waals surface area contributed by atoms with Gasteiger partial charge in [-0.2, -0.15) is 13.2 Å². The van der Waals surface area contributed by atoms with Crippen LogP contribution in [0.25, 0.3) is 0 Å². The number of nitrogens with one attached hydrogen (secondary N) is 1. The van der Waals surface area contributed by atoms with Gasteiger partial charge >= 0.3 is 6.18 Å². The summed E-state index contributed by atoms with van der Waals surface area (Å²) in [7, 11) is 0. The van der Waals surface area contributed by atoms with Gasteiger partial charge in [-0.3, -0.25) is 4.79 Å². The minimum atomic E-state index is -4.53. The second-order valence-electron chi connectivity index (χ2n) is 4.40. The van der Waals surface area contributed by atoms with Crippen LogP contribution < -0.4 is 11.1 Å². The van der Waals surface area contributed by atoms with E-state index in [9.17, 15) is 18.0 Å². The van der Waals surface area contributed by atoms with Crippen LogP contribution in [-0.2, 0) is 11.0 Å². The van der Waals surface area contributed by atoms with E-state index in [0.29, 0.717) is 13.1 Å². The molecule has 0 aliphatic carbocycles. The predicted octanol–water partition coefficient (Wildman–Crippen LogP) is 2.35. The van der Waals surface area contributed by atoms with Crippen molar-refractivity contribution in [3.8, 4) is 0 Å². The molecule has 1 aromatic heterocycles. The maximum Gasteiger partial charge on any atom is 0.433 e. The fourth-order valence-corrected chi connectivity index (χ4v) is 1.81. The highest BCUT2D eigenvalue weighted by Gasteiger charge is 2.32. The molecule has 118 valence electrons. The Morgan fingerprint density at radius 3 is 2.52 bits per heavy atom. The molecule has 0 saturated heterocycles. The van der Waals surface area contributed by atoms with E-state index in [4.69, 9.17) is 5.73 Å². The summed E-state index contributed by atoms with van der Waals surface area (Å²) in [6.45, 7) is 5.15. The molecule has 1 heterocycles. The van der Waals surface area contributed by atoms with Gasteiger partial charge in [-0.1, -0.05) is 0 Å². The zero-order valence-corrected chi connectivity index (χ0v) is 12.0. The van der Waals surface area contributed by atoms with Crippen LogP contribution >= 0.6 is 0 Å². The molecule has 0 spiro atoms. The van der Waals surface area contributed by atoms with E-state index in [-0.39, 0.29) is 30.2 Å². The number of amides is 1. The number of halogens is 3. The van der Waals surface area contributed by atoms with Crippen LogP contribution in [0.1, 0.15) is 26.0 Å². The Kier molecular flexibility index (Phi) is 5.80. The fourth-order valence-electron chi connectivity index (χ4n) is 1.81. The third-order valence-electron chi connectivity index (χ3n) is 3.00. The third-order valence-corrected chi connectivity index (χ3v) is 3.00. The topological polar surface area (TPSA) is 71.2 Å². The first-order valence-electron chi connectivity index (χ1n) is 6.63. The Hall–Kier alpha value is -1.99. The minimum absolute atomic E-state index is 0.0591. The monoisotopic (exact) mass is 304 g/mol. The van der Waals surface area contributed by atoms with Crippen molar-refractivity contribution in [3.05, 3.63) is 18.0 Å². The van der Waals surface area contributed by atoms with E-state index in [1.807, 2.05) is 13.8 Å². The summed E-state index contributed by atoms with van der Waals surface area (Å²) in [4.78, 5) is 16.7. The molecule has 0 bridgehead atoms. The van der Waals surface area contributed by atoms with Crippen LogP contribution in [0.4, 0.5) is 24.5 Å². The van der Waals surface area contributed by atoms with Gasteiger partial charge in [-0.05, 0) is 19.9 Å². The SMILES string of the molecule is CCN(CC)C(=O)CCNc1cc(C(F)(F)F)ncc1N. The molecule has 1 aromatic rings. The molecule has 0 fully saturated rings. The molecular weight excluding hydrogens is 285 g/mol. The lowest BCUT2D eigenvalue weighted by Gasteiger charge is -2.19. The number of nitrogens with zero attached hydrogens (tertiary/aromatic N) is 2. The molecule has 3 N–H and O–H groups in total. The van der Waals surface area contributed by atoms with Crippen LogP contribution in [0.2, 0.25) is 0 Å². The Labute approximate surface area is 121 Å². The number of alkyl halides is 3. The average Bonchev–Trinajstić information content (AvgIpc) is 2.41. The Balaban J connectivity index is 2.65. The Morgan fingerprint density at radius 2 is 2.00 bits per heavy atom. The second-order valence-corrected chi connectivity index (χ2v) is 4.40. The number of nitrogen functional groups attached to an aromatic ring is 1. The molecule has 0 aliphatic heterocycles. The lowest BCUT2D eigenvalue weighted by atomic mass is 10.2. The molecule has 0 saturated carbocycles. The van der Waals surface area contributed by atoms with Crippen LogP contribution in [0.5, 0.6) is 0 Å². The fraction of sp³-hybridized carbons (Fsp3) is 0.538. The first-order chi connectivity index (χ1) is 9.79. The zero-order valence-electron chi connectivity index (χ0n) is 12.0. The number of aromatic nitrogens is 1. The van der Waals surface area contributed by atoms with Gasteiger partial charge < -0.3 is 16.0 Å². The largest absolute Gasteiger partial charge is 0.433 e. The standard InChI is InChI=1S/C13H19F3N4O/c1-3-20(4-2)12(21)5-6-18-10-7-11(13(14,15)16)19-8-9(10)17/h7-8H,3-6,17H2,1-2H3,(H,18,19). The maximum absolute atomic E-state index is 12.6. The zero-order chi connectivity index (χ0) is 16.0. The quantitative estimate of drug-likeness (QED) is 0.846. The Bertz CT molecular complexity index is 487. The number of hydrogen-bond acceptors (Lipinski definition) is 4. The van der Waals surface area contributed by atoms with E-state index < -0.39 is 11.9 Å². The van der Waals surface area contributed by atoms with Gasteiger partial charge in [0.2, 0.25) is 5.91 Å². The minimum Gasteiger partial charge on any atom is -0.396 e. The molecule has 0 atom stereocenters. The van der Waals surface area contributed by atoms with Gasteiger partial charge in [0, 0.05) is 26.1 Å². The van der Waals surface area contributed by atoms with Crippen LogP contribution in [0.3, 0.4) is 0 Å². The van der Waals surface area contributed by atoms with Crippen molar-refractivity contribution in [1.29, 1.82) is 0 Å². The number of hydrogen-bond donors (Lipinski definition) is 2. The molecule has 1 rings (SSSR count). The second kappa shape index (κ2) is 7.14. The van der Waals surface area contributed by atoms with Crippen LogP contribution in [0.15, 0.2) is 12.3 Å². The third kappa shape index (κ3) is 4.80. The van der Waals surface area contributed by atoms with Gasteiger partial charge in [-0.25, -0.2) is 4.98 Å². The van der Waals surface area contributed by atoms with Crippen molar-refractivity contribution >= 4 is 17.3 Å². The van der Waals surface area contributed by atoms with Gasteiger partial charge in [0.05, 0.1) is 17.6 Å². The highest BCUT2D eigenvalue weighted by Crippen LogP contribution is 2.30. The van der Waals surface area contributed by atoms with Crippen molar-refractivity contribution in [3.63, 3.8) is 0 Å². The molecule has 1 amide bonds. The number of nitrogens with two attached hydrogens (primary N) is 1. The highest BCUT2D eigenvalue weighted by molar-refractivity contribution is 5.77. The predicted molar refractivity (Wildman–Crippen MR) is 74.7 cm³/mol. The Morgan fingerprint density at radius 1 is 1.38 bits per heavy atom. The van der Waals surface area contributed by atoms with E-state index in [2.05, 4.69) is 10.3 Å². The van der Waals surface area contributed by atoms with Crippen molar-refractivity contribution in [2.24, 2.45) is 0 Å². The first kappa shape index (κ1) is 17.1. The van der Waals surface area contributed by atoms with Gasteiger partial charge in [-0.15, -0.1) is 0 Å². The molecule has 0 aromatic carbocycles. The van der Waals surface area contributed by atoms with Crippen LogP contribution in [0, 0.1) is 0 Å². The summed E-state index contributed by atoms with van der Waals surface area (Å²) >= 11 is 0. The lowest BCUT2D eigenvalue weighted by Crippen LogP contribution is -2.31. The summed E-state index contributed by atoms with van der Waals surface area (Å²) < 4.78 is 37.7. The van der Waals surface area contributed by atoms with Gasteiger partial charge in [0.1, 0.15) is 5.69 Å². The molecular formula is C13H19F3N4O. The van der Waals surface area contributed by atoms with Gasteiger partial charge in [0.25, 0.3) is 0 Å². The smallest absolute Gasteiger partial charge is 0.396 e. The maximum atomic E-state index is 12.6. The number of carbonyl (C=O) groups is 1. The summed E-state index contributed by atoms with van der Waals surface area (Å²) in [6.07, 6.45) is -3.39. The van der Waals surface area contributed by atoms with Crippen LogP contribution in [-0.4, -0.2) is 35.4 Å². The van der Waals surface area contributed by atoms with E-state index in [1.54, 1.807) is 4.90 Å². The van der Waals surface area contributed by atoms with Crippen molar-refractivity contribution < 1.29 is 18.0 Å². The summed E-state index contributed by atoms with van der Waals surface area (Å²) in [5, 5.41) is 2.75. The molecule has 8 heteroatoms. The summed E-state index contributed by atoms with van der Waals surface area (Å²) in [5.41, 5.74) is 4.79. The number of carbonyl (C=O) groups excluding carboxylic acids is 1. The van der Waals surface area contributed by atoms with Crippen molar-refractivity contribution in [2.45, 2.75) is 26.4 Å². The molecule has 0 unspecified atom stereocenters. The molecule has 0 aliphatic rings. The summed E-state index contributed by atoms with van der Waals surface area (Å²) in [6, 6.07) is 0.844. The molecule has 0 radical (unpaired) electrons. The molecule has 21 heavy (non-hydrogen) atoms. The number of rotatable bonds is 6. The van der Waals surface area contributed by atoms with E-state index >= 15 is 0 Å². The first-order valence-corrected chi connectivity index (χ1v) is 6.63. The lowest BCUT2D eigenvalue weighted by molar-refractivity contribution is -0.141.